The highest BCUT2D eigenvalue weighted by molar-refractivity contribution is 5.97. The summed E-state index contributed by atoms with van der Waals surface area (Å²) in [5.41, 5.74) is 1.32. The van der Waals surface area contributed by atoms with Crippen LogP contribution in [0.15, 0.2) is 48.5 Å². The van der Waals surface area contributed by atoms with Gasteiger partial charge in [-0.25, -0.2) is 4.79 Å². The van der Waals surface area contributed by atoms with Crippen LogP contribution in [-0.4, -0.2) is 38.7 Å². The van der Waals surface area contributed by atoms with Gasteiger partial charge in [0.25, 0.3) is 5.91 Å². The fourth-order valence-electron chi connectivity index (χ4n) is 2.92. The molecule has 2 aromatic carbocycles. The molecule has 0 heterocycles. The van der Waals surface area contributed by atoms with Gasteiger partial charge in [0.1, 0.15) is 17.1 Å². The quantitative estimate of drug-likeness (QED) is 0.668. The SMILES string of the molecule is CC[C@H](CNC(=O)[C@@H](C)OC(=O)c1c(OC)cccc1OC)c1ccccc1. The zero-order valence-electron chi connectivity index (χ0n) is 16.7. The zero-order valence-corrected chi connectivity index (χ0v) is 16.7. The summed E-state index contributed by atoms with van der Waals surface area (Å²) in [6, 6.07) is 15.0. The summed E-state index contributed by atoms with van der Waals surface area (Å²) in [6.45, 7) is 4.08. The number of ether oxygens (including phenoxy) is 3. The van der Waals surface area contributed by atoms with Crippen molar-refractivity contribution in [2.24, 2.45) is 0 Å². The standard InChI is InChI=1S/C22H27NO5/c1-5-16(17-10-7-6-8-11-17)14-23-21(24)15(2)28-22(25)20-18(26-3)12-9-13-19(20)27-4/h6-13,15-16H,5,14H2,1-4H3,(H,23,24)/t15-,16-/m1/s1. The Labute approximate surface area is 165 Å². The van der Waals surface area contributed by atoms with E-state index in [1.807, 2.05) is 30.3 Å². The van der Waals surface area contributed by atoms with Crippen LogP contribution in [-0.2, 0) is 9.53 Å². The van der Waals surface area contributed by atoms with E-state index in [-0.39, 0.29) is 17.4 Å². The number of carbonyl (C=O) groups is 2. The van der Waals surface area contributed by atoms with Gasteiger partial charge in [0.2, 0.25) is 0 Å². The van der Waals surface area contributed by atoms with E-state index in [0.29, 0.717) is 18.0 Å². The number of benzene rings is 2. The van der Waals surface area contributed by atoms with Gasteiger partial charge in [-0.2, -0.15) is 0 Å². The molecule has 0 aromatic heterocycles. The monoisotopic (exact) mass is 385 g/mol. The predicted octanol–water partition coefficient (Wildman–Crippen LogP) is 3.56. The van der Waals surface area contributed by atoms with Crippen molar-refractivity contribution in [2.75, 3.05) is 20.8 Å². The van der Waals surface area contributed by atoms with Crippen molar-refractivity contribution in [2.45, 2.75) is 32.3 Å². The molecular formula is C22H27NO5. The molecule has 0 spiro atoms. The van der Waals surface area contributed by atoms with Crippen molar-refractivity contribution in [3.8, 4) is 11.5 Å². The van der Waals surface area contributed by atoms with Gasteiger partial charge in [0.15, 0.2) is 6.10 Å². The molecule has 150 valence electrons. The van der Waals surface area contributed by atoms with Crippen LogP contribution in [0.5, 0.6) is 11.5 Å². The van der Waals surface area contributed by atoms with Gasteiger partial charge in [-0.3, -0.25) is 4.79 Å². The van der Waals surface area contributed by atoms with E-state index in [1.54, 1.807) is 25.1 Å². The van der Waals surface area contributed by atoms with E-state index in [9.17, 15) is 9.59 Å². The third-order valence-corrected chi connectivity index (χ3v) is 4.57. The Morgan fingerprint density at radius 1 is 0.964 bits per heavy atom. The number of nitrogens with one attached hydrogen (secondary N) is 1. The Balaban J connectivity index is 2.00. The largest absolute Gasteiger partial charge is 0.496 e. The Hall–Kier alpha value is -3.02. The number of carbonyl (C=O) groups excluding carboxylic acids is 2. The predicted molar refractivity (Wildman–Crippen MR) is 107 cm³/mol. The van der Waals surface area contributed by atoms with E-state index in [4.69, 9.17) is 14.2 Å². The first-order chi connectivity index (χ1) is 13.5. The highest BCUT2D eigenvalue weighted by atomic mass is 16.6. The summed E-state index contributed by atoms with van der Waals surface area (Å²) < 4.78 is 15.8. The number of amides is 1. The topological polar surface area (TPSA) is 73.9 Å². The molecule has 2 atom stereocenters. The van der Waals surface area contributed by atoms with Crippen LogP contribution >= 0.6 is 0 Å². The Kier molecular flexibility index (Phi) is 7.87. The van der Waals surface area contributed by atoms with Crippen LogP contribution in [0.1, 0.15) is 42.1 Å². The van der Waals surface area contributed by atoms with Crippen LogP contribution in [0.25, 0.3) is 0 Å². The van der Waals surface area contributed by atoms with Crippen molar-refractivity contribution in [3.05, 3.63) is 59.7 Å². The number of methoxy groups -OCH3 is 2. The van der Waals surface area contributed by atoms with Gasteiger partial charge in [-0.1, -0.05) is 43.3 Å². The Morgan fingerprint density at radius 3 is 2.11 bits per heavy atom. The zero-order chi connectivity index (χ0) is 20.5. The normalized spacial score (nSPS) is 12.6. The number of hydrogen-bond donors (Lipinski definition) is 1. The summed E-state index contributed by atoms with van der Waals surface area (Å²) >= 11 is 0. The highest BCUT2D eigenvalue weighted by Gasteiger charge is 2.25. The van der Waals surface area contributed by atoms with E-state index >= 15 is 0 Å². The maximum atomic E-state index is 12.6. The minimum Gasteiger partial charge on any atom is -0.496 e. The number of hydrogen-bond acceptors (Lipinski definition) is 5. The summed E-state index contributed by atoms with van der Waals surface area (Å²) in [5, 5.41) is 2.87. The average molecular weight is 385 g/mol. The molecule has 6 nitrogen and oxygen atoms in total. The molecule has 0 radical (unpaired) electrons. The molecule has 0 aliphatic rings. The minimum absolute atomic E-state index is 0.155. The van der Waals surface area contributed by atoms with E-state index in [1.165, 1.54) is 14.2 Å². The van der Waals surface area contributed by atoms with Crippen molar-refractivity contribution < 1.29 is 23.8 Å². The fourth-order valence-corrected chi connectivity index (χ4v) is 2.92. The lowest BCUT2D eigenvalue weighted by Crippen LogP contribution is -2.38. The van der Waals surface area contributed by atoms with Crippen molar-refractivity contribution in [3.63, 3.8) is 0 Å². The van der Waals surface area contributed by atoms with Gasteiger partial charge in [0, 0.05) is 12.5 Å². The molecule has 28 heavy (non-hydrogen) atoms. The second kappa shape index (κ2) is 10.3. The van der Waals surface area contributed by atoms with Crippen LogP contribution in [0.2, 0.25) is 0 Å². The molecule has 2 rings (SSSR count). The smallest absolute Gasteiger partial charge is 0.346 e. The summed E-state index contributed by atoms with van der Waals surface area (Å²) in [4.78, 5) is 25.0. The first-order valence-corrected chi connectivity index (χ1v) is 9.26. The van der Waals surface area contributed by atoms with Gasteiger partial charge >= 0.3 is 5.97 Å². The van der Waals surface area contributed by atoms with E-state index < -0.39 is 12.1 Å². The molecule has 0 unspecified atom stereocenters. The minimum atomic E-state index is -0.949. The van der Waals surface area contributed by atoms with Gasteiger partial charge < -0.3 is 19.5 Å². The molecular weight excluding hydrogens is 358 g/mol. The molecule has 0 aliphatic carbocycles. The van der Waals surface area contributed by atoms with Crippen LogP contribution in [0, 0.1) is 0 Å². The molecule has 0 fully saturated rings. The first kappa shape index (κ1) is 21.3. The average Bonchev–Trinajstić information content (AvgIpc) is 2.73. The molecule has 0 saturated heterocycles. The second-order valence-electron chi connectivity index (χ2n) is 6.35. The van der Waals surface area contributed by atoms with Crippen LogP contribution in [0.3, 0.4) is 0 Å². The van der Waals surface area contributed by atoms with E-state index in [2.05, 4.69) is 12.2 Å². The highest BCUT2D eigenvalue weighted by Crippen LogP contribution is 2.29. The molecule has 1 N–H and O–H groups in total. The maximum absolute atomic E-state index is 12.6. The number of esters is 1. The van der Waals surface area contributed by atoms with Gasteiger partial charge in [0.05, 0.1) is 14.2 Å². The van der Waals surface area contributed by atoms with Gasteiger partial charge in [-0.15, -0.1) is 0 Å². The maximum Gasteiger partial charge on any atom is 0.346 e. The Bertz CT molecular complexity index is 769. The van der Waals surface area contributed by atoms with Crippen LogP contribution in [0.4, 0.5) is 0 Å². The summed E-state index contributed by atoms with van der Waals surface area (Å²) in [5.74, 6) is -0.176. The molecule has 0 aliphatic heterocycles. The molecule has 0 saturated carbocycles. The molecule has 1 amide bonds. The third kappa shape index (κ3) is 5.25. The van der Waals surface area contributed by atoms with E-state index in [0.717, 1.165) is 12.0 Å². The van der Waals surface area contributed by atoms with Crippen molar-refractivity contribution in [1.29, 1.82) is 0 Å². The lowest BCUT2D eigenvalue weighted by Gasteiger charge is -2.19. The fraction of sp³-hybridized carbons (Fsp3) is 0.364. The van der Waals surface area contributed by atoms with Crippen LogP contribution < -0.4 is 14.8 Å². The third-order valence-electron chi connectivity index (χ3n) is 4.57. The molecule has 6 heteroatoms. The molecule has 2 aromatic rings. The lowest BCUT2D eigenvalue weighted by molar-refractivity contribution is -0.129. The second-order valence-corrected chi connectivity index (χ2v) is 6.35. The lowest BCUT2D eigenvalue weighted by atomic mass is 9.96. The summed E-state index contributed by atoms with van der Waals surface area (Å²) in [7, 11) is 2.91. The first-order valence-electron chi connectivity index (χ1n) is 9.26. The Morgan fingerprint density at radius 2 is 1.57 bits per heavy atom. The molecule has 0 bridgehead atoms. The summed E-state index contributed by atoms with van der Waals surface area (Å²) in [6.07, 6.45) is -0.0629. The van der Waals surface area contributed by atoms with Crippen molar-refractivity contribution in [1.82, 2.24) is 5.32 Å². The number of rotatable bonds is 9. The van der Waals surface area contributed by atoms with Gasteiger partial charge in [-0.05, 0) is 31.0 Å². The van der Waals surface area contributed by atoms with Crippen molar-refractivity contribution >= 4 is 11.9 Å².